The van der Waals surface area contributed by atoms with Gasteiger partial charge in [-0.1, -0.05) is 95.5 Å². The molecule has 1 fully saturated rings. The van der Waals surface area contributed by atoms with Crippen LogP contribution in [0.15, 0.2) is 54.6 Å². The summed E-state index contributed by atoms with van der Waals surface area (Å²) in [5.41, 5.74) is 1.58. The van der Waals surface area contributed by atoms with Gasteiger partial charge in [0.2, 0.25) is 0 Å². The van der Waals surface area contributed by atoms with Crippen LogP contribution in [0.25, 0.3) is 0 Å². The second-order valence-electron chi connectivity index (χ2n) is 13.6. The van der Waals surface area contributed by atoms with Crippen LogP contribution in [-0.4, -0.2) is 56.0 Å². The molecule has 288 valence electrons. The lowest BCUT2D eigenvalue weighted by molar-refractivity contribution is -0.161. The Morgan fingerprint density at radius 3 is 2.06 bits per heavy atom. The van der Waals surface area contributed by atoms with Gasteiger partial charge in [0.05, 0.1) is 27.4 Å². The summed E-state index contributed by atoms with van der Waals surface area (Å²) in [6.45, 7) is 5.18. The van der Waals surface area contributed by atoms with E-state index in [1.807, 2.05) is 30.3 Å². The Bertz CT molecular complexity index is 1630. The highest BCUT2D eigenvalue weighted by atomic mass is 16.7. The van der Waals surface area contributed by atoms with E-state index in [1.165, 1.54) is 32.4 Å². The minimum Gasteiger partial charge on any atom is -0.507 e. The number of carbonyl (C=O) groups is 3. The van der Waals surface area contributed by atoms with E-state index < -0.39 is 17.7 Å². The highest BCUT2D eigenvalue weighted by molar-refractivity contribution is 5.98. The number of aromatic hydroxyl groups is 1. The summed E-state index contributed by atoms with van der Waals surface area (Å²) in [7, 11) is 2.88. The summed E-state index contributed by atoms with van der Waals surface area (Å²) >= 11 is 0. The maximum Gasteiger partial charge on any atom is 0.347 e. The molecule has 1 N–H and O–H groups in total. The summed E-state index contributed by atoms with van der Waals surface area (Å²) in [5.74, 6) is -2.37. The average Bonchev–Trinajstić information content (AvgIpc) is 3.61. The van der Waals surface area contributed by atoms with E-state index in [0.717, 1.165) is 69.8 Å². The number of Topliss-reactive ketones (excluding diaryl/α,β-unsaturated/α-hetero) is 1. The van der Waals surface area contributed by atoms with Gasteiger partial charge in [0.1, 0.15) is 46.5 Å². The van der Waals surface area contributed by atoms with Crippen LogP contribution in [0.5, 0.6) is 23.0 Å². The van der Waals surface area contributed by atoms with E-state index >= 15 is 0 Å². The molecule has 0 saturated carbocycles. The van der Waals surface area contributed by atoms with Gasteiger partial charge in [-0.15, -0.1) is 0 Å². The SMILES string of the molecule is CCCCCCCC(=O)Cc1cc(OC(=O)c2c(O)cc(OC)cc2CC2(CCCCCCC)OCCO2)cc(OC)c1C(=O)OCc1ccccc1. The standard InChI is InChI=1S/C43H56O10/c1-5-7-9-11-16-20-34(44)24-32-25-36(28-38(49-4)40(32)41(46)50-30-31-18-14-13-15-19-31)53-42(47)39-33(26-35(48-3)27-37(39)45)29-43(51-22-23-52-43)21-17-12-10-8-6-2/h13-15,18-19,25-28,45H,5-12,16-17,20-24,29-30H2,1-4H3. The number of phenols is 1. The molecular weight excluding hydrogens is 676 g/mol. The zero-order valence-electron chi connectivity index (χ0n) is 31.8. The van der Waals surface area contributed by atoms with Crippen molar-refractivity contribution in [2.24, 2.45) is 0 Å². The highest BCUT2D eigenvalue weighted by Gasteiger charge is 2.38. The molecule has 3 aromatic rings. The van der Waals surface area contributed by atoms with Crippen LogP contribution in [-0.2, 0) is 38.5 Å². The zero-order chi connectivity index (χ0) is 38.1. The summed E-state index contributed by atoms with van der Waals surface area (Å²) < 4.78 is 34.9. The quantitative estimate of drug-likeness (QED) is 0.0573. The number of carbonyl (C=O) groups excluding carboxylic acids is 3. The minimum atomic E-state index is -0.963. The van der Waals surface area contributed by atoms with Gasteiger partial charge in [0, 0.05) is 37.8 Å². The van der Waals surface area contributed by atoms with Crippen molar-refractivity contribution in [3.63, 3.8) is 0 Å². The number of benzene rings is 3. The van der Waals surface area contributed by atoms with Crippen LogP contribution >= 0.6 is 0 Å². The van der Waals surface area contributed by atoms with Gasteiger partial charge in [0.25, 0.3) is 0 Å². The molecular formula is C43H56O10. The largest absolute Gasteiger partial charge is 0.507 e. The first-order chi connectivity index (χ1) is 25.7. The fourth-order valence-corrected chi connectivity index (χ4v) is 6.69. The van der Waals surface area contributed by atoms with E-state index in [2.05, 4.69) is 13.8 Å². The second kappa shape index (κ2) is 21.3. The first-order valence-corrected chi connectivity index (χ1v) is 19.1. The average molecular weight is 733 g/mol. The third-order valence-corrected chi connectivity index (χ3v) is 9.50. The lowest BCUT2D eigenvalue weighted by Crippen LogP contribution is -2.34. The predicted octanol–water partition coefficient (Wildman–Crippen LogP) is 9.10. The molecule has 1 aliphatic heterocycles. The van der Waals surface area contributed by atoms with E-state index in [9.17, 15) is 19.5 Å². The summed E-state index contributed by atoms with van der Waals surface area (Å²) in [5, 5.41) is 11.2. The van der Waals surface area contributed by atoms with Gasteiger partial charge in [0.15, 0.2) is 5.79 Å². The topological polar surface area (TPSA) is 127 Å². The van der Waals surface area contributed by atoms with E-state index in [1.54, 1.807) is 6.07 Å². The molecule has 1 aliphatic rings. The first-order valence-electron chi connectivity index (χ1n) is 19.1. The molecule has 0 bridgehead atoms. The molecule has 10 heteroatoms. The number of rotatable bonds is 23. The van der Waals surface area contributed by atoms with Crippen LogP contribution < -0.4 is 14.2 Å². The molecule has 1 heterocycles. The molecule has 0 amide bonds. The van der Waals surface area contributed by atoms with E-state index in [0.29, 0.717) is 42.9 Å². The van der Waals surface area contributed by atoms with Crippen LogP contribution in [0.2, 0.25) is 0 Å². The van der Waals surface area contributed by atoms with Crippen molar-refractivity contribution in [2.75, 3.05) is 27.4 Å². The first kappa shape index (κ1) is 41.3. The van der Waals surface area contributed by atoms with Crippen LogP contribution in [0.3, 0.4) is 0 Å². The number of phenolic OH excluding ortho intramolecular Hbond substituents is 1. The molecule has 0 aromatic heterocycles. The maximum absolute atomic E-state index is 14.0. The smallest absolute Gasteiger partial charge is 0.347 e. The molecule has 4 rings (SSSR count). The van der Waals surface area contributed by atoms with Gasteiger partial charge in [-0.25, -0.2) is 9.59 Å². The van der Waals surface area contributed by atoms with Crippen LogP contribution in [0, 0.1) is 0 Å². The van der Waals surface area contributed by atoms with E-state index in [-0.39, 0.29) is 53.6 Å². The third-order valence-electron chi connectivity index (χ3n) is 9.50. The molecule has 10 nitrogen and oxygen atoms in total. The fraction of sp³-hybridized carbons (Fsp3) is 0.512. The fourth-order valence-electron chi connectivity index (χ4n) is 6.69. The number of hydrogen-bond acceptors (Lipinski definition) is 10. The van der Waals surface area contributed by atoms with Crippen LogP contribution in [0.4, 0.5) is 0 Å². The zero-order valence-corrected chi connectivity index (χ0v) is 31.8. The summed E-state index contributed by atoms with van der Waals surface area (Å²) in [6, 6.07) is 15.2. The Labute approximate surface area is 314 Å². The molecule has 0 atom stereocenters. The third kappa shape index (κ3) is 12.3. The Balaban J connectivity index is 1.63. The molecule has 1 saturated heterocycles. The number of unbranched alkanes of at least 4 members (excludes halogenated alkanes) is 8. The molecule has 53 heavy (non-hydrogen) atoms. The molecule has 3 aromatic carbocycles. The number of esters is 2. The lowest BCUT2D eigenvalue weighted by atomic mass is 9.94. The van der Waals surface area contributed by atoms with Crippen molar-refractivity contribution in [1.29, 1.82) is 0 Å². The number of methoxy groups -OCH3 is 2. The van der Waals surface area contributed by atoms with Crippen molar-refractivity contribution < 1.29 is 47.9 Å². The second-order valence-corrected chi connectivity index (χ2v) is 13.6. The van der Waals surface area contributed by atoms with Crippen molar-refractivity contribution in [2.45, 2.75) is 116 Å². The van der Waals surface area contributed by atoms with Gasteiger partial charge >= 0.3 is 11.9 Å². The van der Waals surface area contributed by atoms with Gasteiger partial charge in [-0.05, 0) is 41.7 Å². The lowest BCUT2D eigenvalue weighted by Gasteiger charge is -2.28. The number of ketones is 1. The Morgan fingerprint density at radius 1 is 0.736 bits per heavy atom. The summed E-state index contributed by atoms with van der Waals surface area (Å²) in [4.78, 5) is 40.8. The Morgan fingerprint density at radius 2 is 1.40 bits per heavy atom. The van der Waals surface area contributed by atoms with Gasteiger partial charge in [-0.3, -0.25) is 4.79 Å². The van der Waals surface area contributed by atoms with Crippen molar-refractivity contribution >= 4 is 17.7 Å². The summed E-state index contributed by atoms with van der Waals surface area (Å²) in [6.07, 6.45) is 11.3. The minimum absolute atomic E-state index is 0.0254. The number of hydrogen-bond donors (Lipinski definition) is 1. The highest BCUT2D eigenvalue weighted by Crippen LogP contribution is 2.37. The van der Waals surface area contributed by atoms with Gasteiger partial charge < -0.3 is 33.5 Å². The number of ether oxygens (including phenoxy) is 6. The van der Waals surface area contributed by atoms with Crippen LogP contribution in [0.1, 0.15) is 128 Å². The molecule has 0 aliphatic carbocycles. The van der Waals surface area contributed by atoms with Crippen molar-refractivity contribution in [3.05, 3.63) is 82.4 Å². The van der Waals surface area contributed by atoms with E-state index in [4.69, 9.17) is 28.4 Å². The monoisotopic (exact) mass is 732 g/mol. The van der Waals surface area contributed by atoms with Crippen molar-refractivity contribution in [3.8, 4) is 23.0 Å². The van der Waals surface area contributed by atoms with Gasteiger partial charge in [-0.2, -0.15) is 0 Å². The Hall–Kier alpha value is -4.41. The molecule has 0 spiro atoms. The predicted molar refractivity (Wildman–Crippen MR) is 202 cm³/mol. The Kier molecular flexibility index (Phi) is 16.6. The molecule has 0 unspecified atom stereocenters. The normalized spacial score (nSPS) is 13.4. The van der Waals surface area contributed by atoms with Crippen molar-refractivity contribution in [1.82, 2.24) is 0 Å². The molecule has 0 radical (unpaired) electrons. The maximum atomic E-state index is 14.0.